The molecule has 0 amide bonds. The number of fused-ring (bicyclic) bond motifs is 1. The maximum Gasteiger partial charge on any atom is 0.277 e. The number of hydrogen-bond acceptors (Lipinski definition) is 5. The number of nitro groups is 1. The average molecular weight is 273 g/mol. The lowest BCUT2D eigenvalue weighted by atomic mass is 10.1. The molecule has 0 bridgehead atoms. The van der Waals surface area contributed by atoms with Crippen LogP contribution < -0.4 is 5.32 Å². The van der Waals surface area contributed by atoms with Crippen molar-refractivity contribution in [2.24, 2.45) is 0 Å². The van der Waals surface area contributed by atoms with Crippen molar-refractivity contribution in [2.75, 3.05) is 18.5 Å². The molecule has 1 aliphatic heterocycles. The Bertz CT molecular complexity index is 639. The van der Waals surface area contributed by atoms with Crippen molar-refractivity contribution in [3.63, 3.8) is 0 Å². The molecule has 6 heteroatoms. The summed E-state index contributed by atoms with van der Waals surface area (Å²) in [6.45, 7) is 1.50. The second-order valence-corrected chi connectivity index (χ2v) is 4.84. The van der Waals surface area contributed by atoms with Crippen LogP contribution in [0.5, 0.6) is 0 Å². The van der Waals surface area contributed by atoms with Crippen molar-refractivity contribution in [1.82, 2.24) is 4.98 Å². The van der Waals surface area contributed by atoms with Gasteiger partial charge in [0.15, 0.2) is 0 Å². The number of rotatable bonds is 3. The molecule has 0 radical (unpaired) electrons. The van der Waals surface area contributed by atoms with Crippen molar-refractivity contribution < 1.29 is 9.66 Å². The minimum Gasteiger partial charge on any atom is -0.382 e. The molecular formula is C14H15N3O3. The third-order valence-electron chi connectivity index (χ3n) is 3.57. The van der Waals surface area contributed by atoms with Gasteiger partial charge in [-0.15, -0.1) is 0 Å². The van der Waals surface area contributed by atoms with Gasteiger partial charge in [0.1, 0.15) is 0 Å². The van der Waals surface area contributed by atoms with Gasteiger partial charge in [-0.2, -0.15) is 0 Å². The number of non-ortho nitro benzene ring substituents is 1. The first kappa shape index (κ1) is 12.8. The molecular weight excluding hydrogens is 258 g/mol. The number of nitrogens with zero attached hydrogens (tertiary/aromatic N) is 2. The summed E-state index contributed by atoms with van der Waals surface area (Å²) >= 11 is 0. The molecule has 0 spiro atoms. The van der Waals surface area contributed by atoms with Crippen molar-refractivity contribution in [3.05, 3.63) is 40.7 Å². The molecule has 1 fully saturated rings. The fraction of sp³-hybridized carbons (Fsp3) is 0.357. The molecule has 104 valence electrons. The maximum atomic E-state index is 11.1. The number of nitro benzene ring substituents is 1. The Labute approximate surface area is 115 Å². The van der Waals surface area contributed by atoms with Gasteiger partial charge in [-0.05, 0) is 25.0 Å². The van der Waals surface area contributed by atoms with Crippen LogP contribution in [-0.2, 0) is 4.74 Å². The quantitative estimate of drug-likeness (QED) is 0.687. The lowest BCUT2D eigenvalue weighted by Gasteiger charge is -2.24. The predicted octanol–water partition coefficient (Wildman–Crippen LogP) is 2.73. The molecule has 0 atom stereocenters. The second-order valence-electron chi connectivity index (χ2n) is 4.84. The summed E-state index contributed by atoms with van der Waals surface area (Å²) in [5, 5.41) is 15.9. The monoisotopic (exact) mass is 273 g/mol. The fourth-order valence-corrected chi connectivity index (χ4v) is 2.52. The molecule has 1 aliphatic rings. The van der Waals surface area contributed by atoms with Gasteiger partial charge in [0, 0.05) is 48.8 Å². The molecule has 0 aliphatic carbocycles. The Morgan fingerprint density at radius 3 is 2.80 bits per heavy atom. The highest BCUT2D eigenvalue weighted by Gasteiger charge is 2.18. The SMILES string of the molecule is O=[N+]([O-])c1ccc(NC2CCOCC2)c2cnccc12. The highest BCUT2D eigenvalue weighted by atomic mass is 16.6. The zero-order valence-electron chi connectivity index (χ0n) is 10.9. The Kier molecular flexibility index (Phi) is 3.47. The normalized spacial score (nSPS) is 16.2. The summed E-state index contributed by atoms with van der Waals surface area (Å²) in [5.74, 6) is 0. The minimum absolute atomic E-state index is 0.111. The molecule has 20 heavy (non-hydrogen) atoms. The molecule has 3 rings (SSSR count). The van der Waals surface area contributed by atoms with E-state index >= 15 is 0 Å². The van der Waals surface area contributed by atoms with Crippen LogP contribution in [0.1, 0.15) is 12.8 Å². The molecule has 0 unspecified atom stereocenters. The summed E-state index contributed by atoms with van der Waals surface area (Å²) in [7, 11) is 0. The smallest absolute Gasteiger partial charge is 0.277 e. The van der Waals surface area contributed by atoms with Crippen LogP contribution in [0, 0.1) is 10.1 Å². The van der Waals surface area contributed by atoms with Gasteiger partial charge in [-0.3, -0.25) is 15.1 Å². The number of pyridine rings is 1. The van der Waals surface area contributed by atoms with Crippen LogP contribution >= 0.6 is 0 Å². The average Bonchev–Trinajstić information content (AvgIpc) is 2.48. The van der Waals surface area contributed by atoms with Gasteiger partial charge in [0.05, 0.1) is 10.3 Å². The lowest BCUT2D eigenvalue weighted by Crippen LogP contribution is -2.27. The van der Waals surface area contributed by atoms with E-state index in [4.69, 9.17) is 4.74 Å². The third kappa shape index (κ3) is 2.42. The van der Waals surface area contributed by atoms with Crippen LogP contribution in [0.25, 0.3) is 10.8 Å². The van der Waals surface area contributed by atoms with Crippen LogP contribution in [0.3, 0.4) is 0 Å². The van der Waals surface area contributed by atoms with E-state index in [-0.39, 0.29) is 10.6 Å². The Balaban J connectivity index is 1.99. The van der Waals surface area contributed by atoms with Crippen LogP contribution in [0.15, 0.2) is 30.6 Å². The first-order valence-corrected chi connectivity index (χ1v) is 6.61. The zero-order chi connectivity index (χ0) is 13.9. The van der Waals surface area contributed by atoms with E-state index < -0.39 is 0 Å². The fourth-order valence-electron chi connectivity index (χ4n) is 2.52. The Morgan fingerprint density at radius 1 is 1.25 bits per heavy atom. The molecule has 1 aromatic carbocycles. The minimum atomic E-state index is -0.361. The second kappa shape index (κ2) is 5.42. The van der Waals surface area contributed by atoms with Crippen molar-refractivity contribution in [3.8, 4) is 0 Å². The molecule has 0 saturated carbocycles. The van der Waals surface area contributed by atoms with Gasteiger partial charge < -0.3 is 10.1 Å². The van der Waals surface area contributed by atoms with E-state index in [1.165, 1.54) is 0 Å². The summed E-state index contributed by atoms with van der Waals surface area (Å²) in [6, 6.07) is 5.33. The van der Waals surface area contributed by atoms with E-state index in [2.05, 4.69) is 10.3 Å². The highest BCUT2D eigenvalue weighted by Crippen LogP contribution is 2.31. The first-order valence-electron chi connectivity index (χ1n) is 6.61. The van der Waals surface area contributed by atoms with Crippen LogP contribution in [0.2, 0.25) is 0 Å². The molecule has 6 nitrogen and oxygen atoms in total. The van der Waals surface area contributed by atoms with Crippen LogP contribution in [-0.4, -0.2) is 29.2 Å². The van der Waals surface area contributed by atoms with Crippen molar-refractivity contribution in [1.29, 1.82) is 0 Å². The zero-order valence-corrected chi connectivity index (χ0v) is 10.9. The predicted molar refractivity (Wildman–Crippen MR) is 75.9 cm³/mol. The molecule has 1 aromatic heterocycles. The van der Waals surface area contributed by atoms with Gasteiger partial charge in [-0.1, -0.05) is 0 Å². The van der Waals surface area contributed by atoms with Gasteiger partial charge in [-0.25, -0.2) is 0 Å². The van der Waals surface area contributed by atoms with Gasteiger partial charge in [0.2, 0.25) is 0 Å². The van der Waals surface area contributed by atoms with E-state index in [1.54, 1.807) is 30.6 Å². The number of aromatic nitrogens is 1. The van der Waals surface area contributed by atoms with Crippen LogP contribution in [0.4, 0.5) is 11.4 Å². The number of hydrogen-bond donors (Lipinski definition) is 1. The number of nitrogens with one attached hydrogen (secondary N) is 1. The molecule has 2 heterocycles. The van der Waals surface area contributed by atoms with E-state index in [9.17, 15) is 10.1 Å². The molecule has 2 aromatic rings. The largest absolute Gasteiger partial charge is 0.382 e. The summed E-state index contributed by atoms with van der Waals surface area (Å²) in [5.41, 5.74) is 1.01. The number of benzene rings is 1. The summed E-state index contributed by atoms with van der Waals surface area (Å²) in [4.78, 5) is 14.8. The lowest BCUT2D eigenvalue weighted by molar-refractivity contribution is -0.383. The Hall–Kier alpha value is -2.21. The summed E-state index contributed by atoms with van der Waals surface area (Å²) < 4.78 is 5.33. The maximum absolute atomic E-state index is 11.1. The highest BCUT2D eigenvalue weighted by molar-refractivity contribution is 5.99. The van der Waals surface area contributed by atoms with Crippen molar-refractivity contribution in [2.45, 2.75) is 18.9 Å². The van der Waals surface area contributed by atoms with E-state index in [0.717, 1.165) is 37.1 Å². The first-order chi connectivity index (χ1) is 9.75. The van der Waals surface area contributed by atoms with Gasteiger partial charge >= 0.3 is 0 Å². The summed E-state index contributed by atoms with van der Waals surface area (Å²) in [6.07, 6.45) is 5.13. The van der Waals surface area contributed by atoms with Crippen molar-refractivity contribution >= 4 is 22.1 Å². The third-order valence-corrected chi connectivity index (χ3v) is 3.57. The van der Waals surface area contributed by atoms with E-state index in [1.807, 2.05) is 0 Å². The van der Waals surface area contributed by atoms with E-state index in [0.29, 0.717) is 11.4 Å². The standard InChI is InChI=1S/C14H15N3O3/c18-17(19)14-2-1-13(12-9-15-6-3-11(12)14)16-10-4-7-20-8-5-10/h1-3,6,9-10,16H,4-5,7-8H2. The van der Waals surface area contributed by atoms with Gasteiger partial charge in [0.25, 0.3) is 5.69 Å². The Morgan fingerprint density at radius 2 is 2.05 bits per heavy atom. The number of anilines is 1. The molecule has 1 saturated heterocycles. The number of ether oxygens (including phenoxy) is 1. The topological polar surface area (TPSA) is 77.3 Å². The molecule has 1 N–H and O–H groups in total.